The third kappa shape index (κ3) is 2.99. The Kier molecular flexibility index (Phi) is 4.87. The summed E-state index contributed by atoms with van der Waals surface area (Å²) in [5, 5.41) is 20.5. The van der Waals surface area contributed by atoms with Crippen LogP contribution in [0, 0.1) is 34.5 Å². The topological polar surface area (TPSA) is 56.5 Å². The summed E-state index contributed by atoms with van der Waals surface area (Å²) in [5.74, 6) is 3.32. The van der Waals surface area contributed by atoms with Crippen LogP contribution >= 0.6 is 11.6 Å². The summed E-state index contributed by atoms with van der Waals surface area (Å²) in [5.41, 5.74) is 2.81. The Hall–Kier alpha value is -2.50. The standard InChI is InChI=1S/C25H25ClN2O2/c1-6-15-7-10-19-17(11-15)14-28(21(19)29)22-24(2,3)23(25(22,4)5)30-18-9-8-16(13-27)20(26)12-18/h1,7-12,21-23,29H,14H2,2-5H3. The molecule has 154 valence electrons. The van der Waals surface area contributed by atoms with Gasteiger partial charge in [-0.1, -0.05) is 51.3 Å². The van der Waals surface area contributed by atoms with Crippen molar-refractivity contribution in [2.75, 3.05) is 0 Å². The molecule has 0 radical (unpaired) electrons. The van der Waals surface area contributed by atoms with E-state index in [1.807, 2.05) is 18.2 Å². The Bertz CT molecular complexity index is 1080. The van der Waals surface area contributed by atoms with Gasteiger partial charge in [-0.05, 0) is 35.4 Å². The molecule has 0 bridgehead atoms. The molecule has 30 heavy (non-hydrogen) atoms. The summed E-state index contributed by atoms with van der Waals surface area (Å²) in [4.78, 5) is 2.15. The Morgan fingerprint density at radius 3 is 2.47 bits per heavy atom. The second-order valence-corrected chi connectivity index (χ2v) is 9.81. The number of aliphatic hydroxyl groups is 1. The van der Waals surface area contributed by atoms with Gasteiger partial charge in [0.05, 0.1) is 10.6 Å². The van der Waals surface area contributed by atoms with Crippen molar-refractivity contribution in [2.24, 2.45) is 10.8 Å². The zero-order chi connectivity index (χ0) is 21.8. The summed E-state index contributed by atoms with van der Waals surface area (Å²) in [7, 11) is 0. The Morgan fingerprint density at radius 1 is 1.17 bits per heavy atom. The molecular formula is C25H25ClN2O2. The van der Waals surface area contributed by atoms with Crippen molar-refractivity contribution in [3.8, 4) is 24.2 Å². The van der Waals surface area contributed by atoms with E-state index in [0.29, 0.717) is 22.9 Å². The van der Waals surface area contributed by atoms with Crippen molar-refractivity contribution in [3.63, 3.8) is 0 Å². The molecule has 4 rings (SSSR count). The number of hydrogen-bond acceptors (Lipinski definition) is 4. The highest BCUT2D eigenvalue weighted by molar-refractivity contribution is 6.31. The number of aliphatic hydroxyl groups excluding tert-OH is 1. The normalized spacial score (nSPS) is 26.2. The van der Waals surface area contributed by atoms with Crippen molar-refractivity contribution in [3.05, 3.63) is 63.7 Å². The highest BCUT2D eigenvalue weighted by Gasteiger charge is 2.66. The third-order valence-corrected chi connectivity index (χ3v) is 6.98. The quantitative estimate of drug-likeness (QED) is 0.719. The average molecular weight is 421 g/mol. The fraction of sp³-hybridized carbons (Fsp3) is 0.400. The van der Waals surface area contributed by atoms with Crippen molar-refractivity contribution in [2.45, 2.75) is 52.6 Å². The summed E-state index contributed by atoms with van der Waals surface area (Å²) >= 11 is 6.19. The SMILES string of the molecule is C#Cc1ccc2c(c1)CN(C1C(C)(C)C(Oc3ccc(C#N)c(Cl)c3)C1(C)C)C2O. The maximum Gasteiger partial charge on any atom is 0.134 e. The highest BCUT2D eigenvalue weighted by Crippen LogP contribution is 2.60. The summed E-state index contributed by atoms with van der Waals surface area (Å²) < 4.78 is 6.37. The molecule has 0 aromatic heterocycles. The zero-order valence-corrected chi connectivity index (χ0v) is 18.4. The minimum atomic E-state index is -0.666. The van der Waals surface area contributed by atoms with E-state index in [-0.39, 0.29) is 23.0 Å². The lowest BCUT2D eigenvalue weighted by Gasteiger charge is -2.66. The molecule has 0 saturated heterocycles. The van der Waals surface area contributed by atoms with Crippen LogP contribution in [0.15, 0.2) is 36.4 Å². The molecule has 1 fully saturated rings. The second-order valence-electron chi connectivity index (χ2n) is 9.40. The molecule has 0 spiro atoms. The van der Waals surface area contributed by atoms with Gasteiger partial charge in [-0.3, -0.25) is 4.90 Å². The smallest absolute Gasteiger partial charge is 0.134 e. The van der Waals surface area contributed by atoms with Gasteiger partial charge in [0, 0.05) is 35.0 Å². The molecule has 4 nitrogen and oxygen atoms in total. The Morgan fingerprint density at radius 2 is 1.87 bits per heavy atom. The molecule has 1 atom stereocenters. The maximum absolute atomic E-state index is 11.1. The van der Waals surface area contributed by atoms with E-state index in [4.69, 9.17) is 28.0 Å². The molecule has 1 saturated carbocycles. The van der Waals surface area contributed by atoms with E-state index in [2.05, 4.69) is 44.6 Å². The molecule has 1 aliphatic carbocycles. The van der Waals surface area contributed by atoms with Gasteiger partial charge >= 0.3 is 0 Å². The number of ether oxygens (including phenoxy) is 1. The molecule has 1 N–H and O–H groups in total. The molecule has 2 aromatic rings. The summed E-state index contributed by atoms with van der Waals surface area (Å²) in [6.45, 7) is 9.32. The van der Waals surface area contributed by atoms with Gasteiger partial charge < -0.3 is 9.84 Å². The zero-order valence-electron chi connectivity index (χ0n) is 17.6. The van der Waals surface area contributed by atoms with Crippen LogP contribution in [0.2, 0.25) is 5.02 Å². The lowest BCUT2D eigenvalue weighted by atomic mass is 9.49. The minimum Gasteiger partial charge on any atom is -0.489 e. The van der Waals surface area contributed by atoms with Crippen molar-refractivity contribution >= 4 is 11.6 Å². The van der Waals surface area contributed by atoms with E-state index in [0.717, 1.165) is 16.7 Å². The fourth-order valence-electron chi connectivity index (χ4n) is 5.84. The van der Waals surface area contributed by atoms with Crippen molar-refractivity contribution in [1.29, 1.82) is 5.26 Å². The molecule has 2 aromatic carbocycles. The number of fused-ring (bicyclic) bond motifs is 1. The van der Waals surface area contributed by atoms with Crippen LogP contribution in [0.5, 0.6) is 5.75 Å². The first kappa shape index (κ1) is 20.8. The van der Waals surface area contributed by atoms with Gasteiger partial charge in [0.1, 0.15) is 24.2 Å². The Balaban J connectivity index is 1.59. The number of benzene rings is 2. The second kappa shape index (κ2) is 7.03. The predicted octanol–water partition coefficient (Wildman–Crippen LogP) is 4.88. The van der Waals surface area contributed by atoms with Gasteiger partial charge in [0.15, 0.2) is 0 Å². The highest BCUT2D eigenvalue weighted by atomic mass is 35.5. The van der Waals surface area contributed by atoms with E-state index in [9.17, 15) is 5.11 Å². The molecule has 5 heteroatoms. The van der Waals surface area contributed by atoms with Gasteiger partial charge in [0.2, 0.25) is 0 Å². The maximum atomic E-state index is 11.1. The Labute approximate surface area is 183 Å². The molecule has 1 heterocycles. The lowest BCUT2D eigenvalue weighted by molar-refractivity contribution is -0.235. The largest absolute Gasteiger partial charge is 0.489 e. The van der Waals surface area contributed by atoms with E-state index in [1.165, 1.54) is 0 Å². The van der Waals surface area contributed by atoms with Crippen molar-refractivity contribution in [1.82, 2.24) is 4.90 Å². The number of rotatable bonds is 3. The summed E-state index contributed by atoms with van der Waals surface area (Å²) in [6.07, 6.45) is 4.79. The molecule has 1 aliphatic heterocycles. The van der Waals surface area contributed by atoms with Crippen LogP contribution in [0.25, 0.3) is 0 Å². The monoisotopic (exact) mass is 420 g/mol. The average Bonchev–Trinajstić information content (AvgIpc) is 3.00. The van der Waals surface area contributed by atoms with Crippen LogP contribution in [0.1, 0.15) is 56.2 Å². The predicted molar refractivity (Wildman–Crippen MR) is 117 cm³/mol. The minimum absolute atomic E-state index is 0.0869. The number of nitriles is 1. The van der Waals surface area contributed by atoms with E-state index in [1.54, 1.807) is 18.2 Å². The fourth-order valence-corrected chi connectivity index (χ4v) is 6.05. The number of nitrogens with zero attached hydrogens (tertiary/aromatic N) is 2. The first-order valence-electron chi connectivity index (χ1n) is 10.0. The van der Waals surface area contributed by atoms with Crippen LogP contribution in [0.3, 0.4) is 0 Å². The summed E-state index contributed by atoms with van der Waals surface area (Å²) in [6, 6.07) is 13.1. The van der Waals surface area contributed by atoms with E-state index >= 15 is 0 Å². The first-order chi connectivity index (χ1) is 14.1. The van der Waals surface area contributed by atoms with Crippen LogP contribution in [-0.4, -0.2) is 22.2 Å². The van der Waals surface area contributed by atoms with Gasteiger partial charge in [0.25, 0.3) is 0 Å². The van der Waals surface area contributed by atoms with Gasteiger partial charge in [-0.15, -0.1) is 6.42 Å². The molecule has 2 aliphatic rings. The van der Waals surface area contributed by atoms with Crippen LogP contribution in [0.4, 0.5) is 0 Å². The molecule has 1 unspecified atom stereocenters. The van der Waals surface area contributed by atoms with Crippen LogP contribution < -0.4 is 4.74 Å². The van der Waals surface area contributed by atoms with Gasteiger partial charge in [-0.25, -0.2) is 0 Å². The number of hydrogen-bond donors (Lipinski definition) is 1. The first-order valence-corrected chi connectivity index (χ1v) is 10.4. The van der Waals surface area contributed by atoms with Crippen molar-refractivity contribution < 1.29 is 9.84 Å². The lowest BCUT2D eigenvalue weighted by Crippen LogP contribution is -2.74. The third-order valence-electron chi connectivity index (χ3n) is 6.66. The van der Waals surface area contributed by atoms with Crippen LogP contribution in [-0.2, 0) is 6.54 Å². The number of halogens is 1. The molecular weight excluding hydrogens is 396 g/mol. The van der Waals surface area contributed by atoms with E-state index < -0.39 is 6.23 Å². The molecule has 0 amide bonds. The van der Waals surface area contributed by atoms with Gasteiger partial charge in [-0.2, -0.15) is 5.26 Å². The number of terminal acetylenes is 1.